The summed E-state index contributed by atoms with van der Waals surface area (Å²) >= 11 is 0. The quantitative estimate of drug-likeness (QED) is 0.576. The second kappa shape index (κ2) is 6.56. The van der Waals surface area contributed by atoms with Gasteiger partial charge in [0.1, 0.15) is 11.5 Å². The van der Waals surface area contributed by atoms with Gasteiger partial charge in [-0.2, -0.15) is 0 Å². The fourth-order valence-electron chi connectivity index (χ4n) is 2.55. The first-order valence-electron chi connectivity index (χ1n) is 7.54. The van der Waals surface area contributed by atoms with Crippen LogP contribution >= 0.6 is 0 Å². The molecule has 3 N–H and O–H groups in total. The molecule has 128 valence electrons. The Morgan fingerprint density at radius 3 is 2.84 bits per heavy atom. The average Bonchev–Trinajstić information content (AvgIpc) is 2.61. The van der Waals surface area contributed by atoms with Gasteiger partial charge < -0.3 is 16.0 Å². The third kappa shape index (κ3) is 3.39. The molecule has 2 aromatic rings. The minimum Gasteiger partial charge on any atom is -0.355 e. The molecule has 0 saturated heterocycles. The highest BCUT2D eigenvalue weighted by Gasteiger charge is 2.19. The molecule has 0 spiro atoms. The Labute approximate surface area is 142 Å². The van der Waals surface area contributed by atoms with Gasteiger partial charge in [-0.25, -0.2) is 4.98 Å². The van der Waals surface area contributed by atoms with E-state index in [1.54, 1.807) is 6.07 Å². The summed E-state index contributed by atoms with van der Waals surface area (Å²) < 4.78 is 0. The van der Waals surface area contributed by atoms with E-state index in [2.05, 4.69) is 20.9 Å². The fourth-order valence-corrected chi connectivity index (χ4v) is 2.55. The highest BCUT2D eigenvalue weighted by Crippen LogP contribution is 2.30. The van der Waals surface area contributed by atoms with Crippen LogP contribution in [0.1, 0.15) is 22.3 Å². The highest BCUT2D eigenvalue weighted by atomic mass is 16.6. The molecule has 3 rings (SSSR count). The Morgan fingerprint density at radius 2 is 2.12 bits per heavy atom. The zero-order valence-corrected chi connectivity index (χ0v) is 13.3. The van der Waals surface area contributed by atoms with Crippen molar-refractivity contribution >= 4 is 34.7 Å². The summed E-state index contributed by atoms with van der Waals surface area (Å²) in [6.45, 7) is 0. The molecule has 0 aliphatic carbocycles. The Balaban J connectivity index is 1.91. The van der Waals surface area contributed by atoms with E-state index in [-0.39, 0.29) is 22.8 Å². The van der Waals surface area contributed by atoms with Crippen molar-refractivity contribution in [1.29, 1.82) is 0 Å². The molecular formula is C16H15N5O4. The predicted octanol–water partition coefficient (Wildman–Crippen LogP) is 1.98. The van der Waals surface area contributed by atoms with Gasteiger partial charge in [-0.3, -0.25) is 19.7 Å². The molecule has 9 nitrogen and oxygen atoms in total. The number of anilines is 3. The molecule has 1 aromatic carbocycles. The number of amides is 2. The maximum atomic E-state index is 11.6. The maximum absolute atomic E-state index is 11.6. The fraction of sp³-hybridized carbons (Fsp3) is 0.188. The zero-order chi connectivity index (χ0) is 18.0. The third-order valence-corrected chi connectivity index (χ3v) is 3.81. The Kier molecular flexibility index (Phi) is 4.29. The lowest BCUT2D eigenvalue weighted by Crippen LogP contribution is -2.20. The summed E-state index contributed by atoms with van der Waals surface area (Å²) in [5, 5.41) is 19.4. The summed E-state index contributed by atoms with van der Waals surface area (Å²) in [6, 6.07) is 5.98. The number of nitrogens with zero attached hydrogens (tertiary/aromatic N) is 2. The average molecular weight is 341 g/mol. The van der Waals surface area contributed by atoms with Gasteiger partial charge in [-0.15, -0.1) is 0 Å². The van der Waals surface area contributed by atoms with Gasteiger partial charge in [0, 0.05) is 25.1 Å². The van der Waals surface area contributed by atoms with Crippen LogP contribution in [0.5, 0.6) is 0 Å². The van der Waals surface area contributed by atoms with E-state index in [9.17, 15) is 19.7 Å². The molecule has 2 heterocycles. The van der Waals surface area contributed by atoms with E-state index in [1.807, 2.05) is 0 Å². The van der Waals surface area contributed by atoms with Gasteiger partial charge in [0.05, 0.1) is 16.8 Å². The van der Waals surface area contributed by atoms with Crippen molar-refractivity contribution in [2.24, 2.45) is 0 Å². The molecule has 0 fully saturated rings. The molecule has 1 aromatic heterocycles. The largest absolute Gasteiger partial charge is 0.355 e. The third-order valence-electron chi connectivity index (χ3n) is 3.81. The summed E-state index contributed by atoms with van der Waals surface area (Å²) in [5.41, 5.74) is 1.65. The predicted molar refractivity (Wildman–Crippen MR) is 91.0 cm³/mol. The van der Waals surface area contributed by atoms with Crippen molar-refractivity contribution in [1.82, 2.24) is 10.3 Å². The molecule has 0 radical (unpaired) electrons. The van der Waals surface area contributed by atoms with E-state index in [0.29, 0.717) is 24.3 Å². The summed E-state index contributed by atoms with van der Waals surface area (Å²) in [4.78, 5) is 37.9. The number of hydrogen-bond donors (Lipinski definition) is 3. The molecule has 1 aliphatic rings. The molecule has 2 amide bonds. The molecule has 0 saturated carbocycles. The summed E-state index contributed by atoms with van der Waals surface area (Å²) in [6.07, 6.45) is 2.42. The molecule has 0 atom stereocenters. The van der Waals surface area contributed by atoms with E-state index < -0.39 is 10.8 Å². The number of nitro groups is 1. The lowest BCUT2D eigenvalue weighted by Gasteiger charge is -2.17. The van der Waals surface area contributed by atoms with Crippen molar-refractivity contribution in [3.63, 3.8) is 0 Å². The standard InChI is InChI=1S/C16H15N5O4/c1-17-16(23)10-2-4-12(13(7-10)21(24)25)19-11-6-9-3-5-14(22)20-15(9)18-8-11/h2,4,6-8,19H,3,5H2,1H3,(H,17,23)(H,18,20,22). The van der Waals surface area contributed by atoms with Gasteiger partial charge in [0.25, 0.3) is 11.6 Å². The molecule has 25 heavy (non-hydrogen) atoms. The molecule has 1 aliphatic heterocycles. The van der Waals surface area contributed by atoms with Crippen LogP contribution in [0, 0.1) is 10.1 Å². The number of rotatable bonds is 4. The van der Waals surface area contributed by atoms with E-state index in [1.165, 1.54) is 31.4 Å². The Bertz CT molecular complexity index is 881. The van der Waals surface area contributed by atoms with Crippen molar-refractivity contribution < 1.29 is 14.5 Å². The van der Waals surface area contributed by atoms with Gasteiger partial charge in [0.2, 0.25) is 5.91 Å². The number of aromatic nitrogens is 1. The van der Waals surface area contributed by atoms with Gasteiger partial charge >= 0.3 is 0 Å². The first-order chi connectivity index (χ1) is 12.0. The first kappa shape index (κ1) is 16.4. The smallest absolute Gasteiger partial charge is 0.293 e. The molecule has 9 heteroatoms. The summed E-state index contributed by atoms with van der Waals surface area (Å²) in [5.74, 6) is 0.0215. The van der Waals surface area contributed by atoms with Crippen molar-refractivity contribution in [2.45, 2.75) is 12.8 Å². The van der Waals surface area contributed by atoms with Crippen LogP contribution in [0.15, 0.2) is 30.5 Å². The van der Waals surface area contributed by atoms with Crippen molar-refractivity contribution in [3.8, 4) is 0 Å². The number of aryl methyl sites for hydroxylation is 1. The number of nitrogens with one attached hydrogen (secondary N) is 3. The van der Waals surface area contributed by atoms with Crippen LogP contribution in [-0.4, -0.2) is 28.8 Å². The number of hydrogen-bond acceptors (Lipinski definition) is 6. The molecule has 0 unspecified atom stereocenters. The first-order valence-corrected chi connectivity index (χ1v) is 7.54. The highest BCUT2D eigenvalue weighted by molar-refractivity contribution is 5.96. The lowest BCUT2D eigenvalue weighted by molar-refractivity contribution is -0.383. The van der Waals surface area contributed by atoms with E-state index >= 15 is 0 Å². The maximum Gasteiger partial charge on any atom is 0.293 e. The minimum absolute atomic E-state index is 0.0823. The zero-order valence-electron chi connectivity index (χ0n) is 13.3. The monoisotopic (exact) mass is 341 g/mol. The number of carbonyl (C=O) groups is 2. The normalized spacial score (nSPS) is 12.8. The SMILES string of the molecule is CNC(=O)c1ccc(Nc2cnc3c(c2)CCC(=O)N3)c([N+](=O)[O-])c1. The number of pyridine rings is 1. The van der Waals surface area contributed by atoms with Gasteiger partial charge in [-0.05, 0) is 30.2 Å². The van der Waals surface area contributed by atoms with Crippen molar-refractivity contribution in [3.05, 3.63) is 51.7 Å². The molecular weight excluding hydrogens is 326 g/mol. The van der Waals surface area contributed by atoms with Crippen molar-refractivity contribution in [2.75, 3.05) is 17.7 Å². The van der Waals surface area contributed by atoms with Crippen LogP contribution in [0.4, 0.5) is 22.9 Å². The van der Waals surface area contributed by atoms with E-state index in [0.717, 1.165) is 5.56 Å². The number of benzene rings is 1. The number of nitro benzene ring substituents is 1. The van der Waals surface area contributed by atoms with E-state index in [4.69, 9.17) is 0 Å². The Hall–Kier alpha value is -3.49. The van der Waals surface area contributed by atoms with Gasteiger partial charge in [0.15, 0.2) is 0 Å². The molecule has 0 bridgehead atoms. The number of fused-ring (bicyclic) bond motifs is 1. The van der Waals surface area contributed by atoms with Crippen LogP contribution < -0.4 is 16.0 Å². The Morgan fingerprint density at radius 1 is 1.32 bits per heavy atom. The minimum atomic E-state index is -0.555. The van der Waals surface area contributed by atoms with Crippen LogP contribution in [-0.2, 0) is 11.2 Å². The van der Waals surface area contributed by atoms with Crippen LogP contribution in [0.3, 0.4) is 0 Å². The lowest BCUT2D eigenvalue weighted by atomic mass is 10.1. The number of carbonyl (C=O) groups excluding carboxylic acids is 2. The van der Waals surface area contributed by atoms with Gasteiger partial charge in [-0.1, -0.05) is 0 Å². The topological polar surface area (TPSA) is 126 Å². The summed E-state index contributed by atoms with van der Waals surface area (Å²) in [7, 11) is 1.46. The second-order valence-corrected chi connectivity index (χ2v) is 5.47. The second-order valence-electron chi connectivity index (χ2n) is 5.47. The van der Waals surface area contributed by atoms with Crippen LogP contribution in [0.25, 0.3) is 0 Å². The van der Waals surface area contributed by atoms with Crippen LogP contribution in [0.2, 0.25) is 0 Å².